The molecule has 3 rings (SSSR count). The van der Waals surface area contributed by atoms with Crippen molar-refractivity contribution >= 4 is 39.2 Å². The van der Waals surface area contributed by atoms with Crippen LogP contribution < -0.4 is 5.56 Å². The first-order valence-electron chi connectivity index (χ1n) is 8.02. The number of H-pyrrole nitrogens is 1. The molecule has 24 heavy (non-hydrogen) atoms. The van der Waals surface area contributed by atoms with Crippen LogP contribution in [0.4, 0.5) is 0 Å². The Bertz CT molecular complexity index is 800. The molecule has 1 amide bonds. The summed E-state index contributed by atoms with van der Waals surface area (Å²) >= 11 is 3.24. The number of aromatic amines is 1. The van der Waals surface area contributed by atoms with Crippen molar-refractivity contribution in [2.75, 3.05) is 19.9 Å². The van der Waals surface area contributed by atoms with Crippen LogP contribution in [-0.2, 0) is 28.2 Å². The van der Waals surface area contributed by atoms with Gasteiger partial charge in [-0.05, 0) is 31.2 Å². The van der Waals surface area contributed by atoms with Crippen LogP contribution in [0.25, 0.3) is 10.2 Å². The van der Waals surface area contributed by atoms with E-state index in [2.05, 4.69) is 9.97 Å². The van der Waals surface area contributed by atoms with Crippen LogP contribution in [0.15, 0.2) is 4.79 Å². The van der Waals surface area contributed by atoms with Gasteiger partial charge in [0.15, 0.2) is 0 Å². The van der Waals surface area contributed by atoms with Crippen molar-refractivity contribution in [3.05, 3.63) is 26.6 Å². The summed E-state index contributed by atoms with van der Waals surface area (Å²) in [6.07, 6.45) is 4.80. The third kappa shape index (κ3) is 3.65. The zero-order valence-electron chi connectivity index (χ0n) is 13.9. The number of hydrogen-bond donors (Lipinski definition) is 1. The number of carbonyl (C=O) groups excluding carboxylic acids is 1. The van der Waals surface area contributed by atoms with E-state index in [4.69, 9.17) is 4.84 Å². The number of hydroxylamine groups is 2. The van der Waals surface area contributed by atoms with Gasteiger partial charge in [-0.3, -0.25) is 14.4 Å². The number of thioether (sulfide) groups is 1. The van der Waals surface area contributed by atoms with Gasteiger partial charge in [-0.2, -0.15) is 11.8 Å². The Hall–Kier alpha value is -1.38. The molecule has 130 valence electrons. The highest BCUT2D eigenvalue weighted by Gasteiger charge is 2.19. The van der Waals surface area contributed by atoms with Gasteiger partial charge in [-0.1, -0.05) is 0 Å². The molecule has 0 saturated carbocycles. The molecule has 0 saturated heterocycles. The lowest BCUT2D eigenvalue weighted by atomic mass is 9.97. The maximum atomic E-state index is 12.4. The quantitative estimate of drug-likeness (QED) is 0.627. The summed E-state index contributed by atoms with van der Waals surface area (Å²) in [7, 11) is 3.06. The van der Waals surface area contributed by atoms with Gasteiger partial charge >= 0.3 is 0 Å². The predicted molar refractivity (Wildman–Crippen MR) is 97.4 cm³/mol. The number of aryl methyl sites for hydroxylation is 2. The van der Waals surface area contributed by atoms with Crippen LogP contribution in [0, 0.1) is 0 Å². The van der Waals surface area contributed by atoms with Crippen molar-refractivity contribution in [3.8, 4) is 0 Å². The number of aromatic nitrogens is 2. The minimum absolute atomic E-state index is 0.0230. The van der Waals surface area contributed by atoms with Crippen LogP contribution in [0.3, 0.4) is 0 Å². The largest absolute Gasteiger partial charge is 0.309 e. The molecule has 0 unspecified atom stereocenters. The third-order valence-electron chi connectivity index (χ3n) is 4.20. The number of rotatable bonds is 6. The number of nitrogens with zero attached hydrogens (tertiary/aromatic N) is 2. The van der Waals surface area contributed by atoms with Crippen LogP contribution in [0.2, 0.25) is 0 Å². The summed E-state index contributed by atoms with van der Waals surface area (Å²) in [6.45, 7) is 0. The Morgan fingerprint density at radius 3 is 3.00 bits per heavy atom. The molecule has 1 N–H and O–H groups in total. The average Bonchev–Trinajstić information content (AvgIpc) is 2.96. The van der Waals surface area contributed by atoms with Gasteiger partial charge in [0.2, 0.25) is 5.91 Å². The molecule has 0 atom stereocenters. The fraction of sp³-hybridized carbons (Fsp3) is 0.562. The van der Waals surface area contributed by atoms with Crippen molar-refractivity contribution in [3.63, 3.8) is 0 Å². The molecular weight excluding hydrogens is 346 g/mol. The van der Waals surface area contributed by atoms with Crippen molar-refractivity contribution in [1.29, 1.82) is 0 Å². The standard InChI is InChI=1S/C16H21N3O3S2/c1-19(22-2)13(20)7-8-23-9-12-17-15(21)14-10-5-3-4-6-11(10)24-16(14)18-12/h3-9H2,1-2H3,(H,17,18,21). The number of thiophene rings is 1. The zero-order valence-corrected chi connectivity index (χ0v) is 15.5. The molecule has 2 heterocycles. The van der Waals surface area contributed by atoms with Gasteiger partial charge in [0, 0.05) is 24.1 Å². The first kappa shape index (κ1) is 17.4. The molecule has 0 fully saturated rings. The SMILES string of the molecule is CON(C)C(=O)CCSCc1nc2sc3c(c2c(=O)[nH]1)CCCC3. The topological polar surface area (TPSA) is 75.3 Å². The van der Waals surface area contributed by atoms with E-state index in [1.54, 1.807) is 30.1 Å². The second-order valence-electron chi connectivity index (χ2n) is 5.78. The molecule has 1 aliphatic carbocycles. The van der Waals surface area contributed by atoms with Crippen molar-refractivity contribution in [2.45, 2.75) is 37.9 Å². The van der Waals surface area contributed by atoms with Gasteiger partial charge in [0.25, 0.3) is 5.56 Å². The summed E-state index contributed by atoms with van der Waals surface area (Å²) in [6, 6.07) is 0. The van der Waals surface area contributed by atoms with E-state index >= 15 is 0 Å². The fourth-order valence-electron chi connectivity index (χ4n) is 2.86. The van der Waals surface area contributed by atoms with E-state index < -0.39 is 0 Å². The van der Waals surface area contributed by atoms with E-state index in [9.17, 15) is 9.59 Å². The van der Waals surface area contributed by atoms with E-state index in [-0.39, 0.29) is 11.5 Å². The van der Waals surface area contributed by atoms with Gasteiger partial charge in [0.1, 0.15) is 10.7 Å². The number of carbonyl (C=O) groups is 1. The molecule has 0 aromatic carbocycles. The highest BCUT2D eigenvalue weighted by Crippen LogP contribution is 2.33. The van der Waals surface area contributed by atoms with Crippen molar-refractivity contribution in [2.24, 2.45) is 0 Å². The van der Waals surface area contributed by atoms with Gasteiger partial charge in [-0.15, -0.1) is 11.3 Å². The second-order valence-corrected chi connectivity index (χ2v) is 7.97. The van der Waals surface area contributed by atoms with Gasteiger partial charge in [-0.25, -0.2) is 10.0 Å². The van der Waals surface area contributed by atoms with Crippen molar-refractivity contribution < 1.29 is 9.63 Å². The van der Waals surface area contributed by atoms with Crippen LogP contribution >= 0.6 is 23.1 Å². The molecule has 0 radical (unpaired) electrons. The van der Waals surface area contributed by atoms with Gasteiger partial charge < -0.3 is 4.98 Å². The minimum Gasteiger partial charge on any atom is -0.309 e. The third-order valence-corrected chi connectivity index (χ3v) is 6.35. The fourth-order valence-corrected chi connectivity index (χ4v) is 4.94. The Labute approximate surface area is 148 Å². The molecule has 0 aliphatic heterocycles. The van der Waals surface area contributed by atoms with E-state index in [0.29, 0.717) is 23.8 Å². The van der Waals surface area contributed by atoms with Crippen LogP contribution in [-0.4, -0.2) is 40.8 Å². The average molecular weight is 367 g/mol. The number of fused-ring (bicyclic) bond motifs is 3. The lowest BCUT2D eigenvalue weighted by molar-refractivity contribution is -0.168. The Kier molecular flexibility index (Phi) is 5.57. The first-order chi connectivity index (χ1) is 11.6. The molecule has 2 aromatic rings. The molecular formula is C16H21N3O3S2. The van der Waals surface area contributed by atoms with E-state index in [1.807, 2.05) is 0 Å². The molecule has 6 nitrogen and oxygen atoms in total. The number of nitrogens with one attached hydrogen (secondary N) is 1. The smallest absolute Gasteiger partial charge is 0.259 e. The molecule has 0 spiro atoms. The van der Waals surface area contributed by atoms with Crippen molar-refractivity contribution in [1.82, 2.24) is 15.0 Å². The van der Waals surface area contributed by atoms with Crippen LogP contribution in [0.5, 0.6) is 0 Å². The summed E-state index contributed by atoms with van der Waals surface area (Å²) in [5.74, 6) is 1.88. The minimum atomic E-state index is -0.0622. The zero-order chi connectivity index (χ0) is 17.1. The summed E-state index contributed by atoms with van der Waals surface area (Å²) in [4.78, 5) is 38.6. The number of amides is 1. The normalized spacial score (nSPS) is 13.9. The lowest BCUT2D eigenvalue weighted by Gasteiger charge is -2.12. The second kappa shape index (κ2) is 7.67. The predicted octanol–water partition coefficient (Wildman–Crippen LogP) is 2.51. The van der Waals surface area contributed by atoms with Crippen LogP contribution in [0.1, 0.15) is 35.5 Å². The summed E-state index contributed by atoms with van der Waals surface area (Å²) in [5.41, 5.74) is 1.19. The summed E-state index contributed by atoms with van der Waals surface area (Å²) < 4.78 is 0. The Morgan fingerprint density at radius 1 is 1.42 bits per heavy atom. The van der Waals surface area contributed by atoms with E-state index in [0.717, 1.165) is 29.5 Å². The summed E-state index contributed by atoms with van der Waals surface area (Å²) in [5, 5.41) is 2.02. The molecule has 1 aliphatic rings. The number of hydrogen-bond acceptors (Lipinski definition) is 6. The first-order valence-corrected chi connectivity index (χ1v) is 9.99. The van der Waals surface area contributed by atoms with E-state index in [1.165, 1.54) is 29.0 Å². The maximum Gasteiger partial charge on any atom is 0.259 e. The highest BCUT2D eigenvalue weighted by atomic mass is 32.2. The highest BCUT2D eigenvalue weighted by molar-refractivity contribution is 7.98. The Balaban J connectivity index is 1.66. The molecule has 2 aromatic heterocycles. The monoisotopic (exact) mass is 367 g/mol. The molecule has 8 heteroatoms. The maximum absolute atomic E-state index is 12.4. The molecule has 0 bridgehead atoms. The lowest BCUT2D eigenvalue weighted by Crippen LogP contribution is -2.25. The Morgan fingerprint density at radius 2 is 2.21 bits per heavy atom. The van der Waals surface area contributed by atoms with Gasteiger partial charge in [0.05, 0.1) is 18.2 Å².